The first-order chi connectivity index (χ1) is 13.0. The number of carbonyl (C=O) groups is 2. The minimum atomic E-state index is -1.04. The number of hydrogen-bond donors (Lipinski definition) is 1. The van der Waals surface area contributed by atoms with E-state index in [-0.39, 0.29) is 37.7 Å². The number of hydrogen-bond acceptors (Lipinski definition) is 7. The number of carbonyl (C=O) groups excluding carboxylic acids is 1. The zero-order valence-corrected chi connectivity index (χ0v) is 18.6. The van der Waals surface area contributed by atoms with Crippen LogP contribution in [0.2, 0.25) is 0 Å². The molecule has 1 saturated heterocycles. The smallest absolute Gasteiger partial charge is 0.311 e. The van der Waals surface area contributed by atoms with Crippen molar-refractivity contribution in [2.75, 3.05) is 46.9 Å². The molecule has 1 N–H and O–H groups in total. The van der Waals surface area contributed by atoms with Gasteiger partial charge in [-0.3, -0.25) is 14.5 Å². The summed E-state index contributed by atoms with van der Waals surface area (Å²) in [5.74, 6) is -0.561. The molecule has 29 heavy (non-hydrogen) atoms. The van der Waals surface area contributed by atoms with E-state index in [0.717, 1.165) is 38.3 Å². The summed E-state index contributed by atoms with van der Waals surface area (Å²) in [6.45, 7) is 7.65. The van der Waals surface area contributed by atoms with Crippen LogP contribution in [0, 0.1) is 0 Å². The molecule has 0 amide bonds. The van der Waals surface area contributed by atoms with Crippen molar-refractivity contribution in [3.05, 3.63) is 17.7 Å². The summed E-state index contributed by atoms with van der Waals surface area (Å²) in [5.41, 5.74) is 0.807. The van der Waals surface area contributed by atoms with Gasteiger partial charge < -0.3 is 24.2 Å². The zero-order valence-electron chi connectivity index (χ0n) is 17.0. The van der Waals surface area contributed by atoms with Crippen molar-refractivity contribution in [1.82, 2.24) is 9.80 Å². The maximum Gasteiger partial charge on any atom is 0.311 e. The number of carboxylic acids is 1. The van der Waals surface area contributed by atoms with Crippen LogP contribution in [0.25, 0.3) is 0 Å². The van der Waals surface area contributed by atoms with Gasteiger partial charge in [0.25, 0.3) is 0 Å². The Balaban J connectivity index is 0.00000392. The van der Waals surface area contributed by atoms with E-state index in [0.29, 0.717) is 23.8 Å². The summed E-state index contributed by atoms with van der Waals surface area (Å²) < 4.78 is 16.2. The summed E-state index contributed by atoms with van der Waals surface area (Å²) in [7, 11) is 2.99. The topological polar surface area (TPSA) is 88.5 Å². The van der Waals surface area contributed by atoms with Gasteiger partial charge in [0.2, 0.25) is 5.75 Å². The highest BCUT2D eigenvalue weighted by molar-refractivity contribution is 5.85. The van der Waals surface area contributed by atoms with E-state index in [4.69, 9.17) is 19.3 Å². The van der Waals surface area contributed by atoms with Crippen molar-refractivity contribution < 1.29 is 28.9 Å². The van der Waals surface area contributed by atoms with Crippen molar-refractivity contribution >= 4 is 36.8 Å². The van der Waals surface area contributed by atoms with Crippen LogP contribution in [-0.4, -0.2) is 73.8 Å². The Morgan fingerprint density at radius 3 is 2.10 bits per heavy atom. The number of carboxylic acid groups (broad SMARTS) is 1. The minimum Gasteiger partial charge on any atom is -0.493 e. The largest absolute Gasteiger partial charge is 0.493 e. The molecular formula is C19H30Cl2N2O6. The molecule has 166 valence electrons. The third-order valence-electron chi connectivity index (χ3n) is 4.65. The van der Waals surface area contributed by atoms with E-state index in [1.165, 1.54) is 14.2 Å². The second kappa shape index (κ2) is 13.5. The quantitative estimate of drug-likeness (QED) is 0.451. The van der Waals surface area contributed by atoms with Gasteiger partial charge in [0.05, 0.1) is 27.1 Å². The molecule has 1 aliphatic rings. The molecule has 0 spiro atoms. The lowest BCUT2D eigenvalue weighted by Crippen LogP contribution is -2.45. The average molecular weight is 453 g/mol. The second-order valence-corrected chi connectivity index (χ2v) is 6.37. The normalized spacial score (nSPS) is 14.3. The first-order valence-electron chi connectivity index (χ1n) is 9.09. The Hall–Kier alpha value is -1.74. The molecule has 0 bridgehead atoms. The molecule has 0 aliphatic carbocycles. The number of rotatable bonds is 9. The number of likely N-dealkylation sites (N-methyl/N-ethyl adjacent to an activating group) is 1. The van der Waals surface area contributed by atoms with E-state index in [2.05, 4.69) is 16.7 Å². The molecule has 0 unspecified atom stereocenters. The van der Waals surface area contributed by atoms with Crippen molar-refractivity contribution in [2.24, 2.45) is 0 Å². The molecule has 1 aliphatic heterocycles. The van der Waals surface area contributed by atoms with E-state index in [1.807, 2.05) is 6.07 Å². The molecule has 1 aromatic carbocycles. The van der Waals surface area contributed by atoms with E-state index >= 15 is 0 Å². The predicted molar refractivity (Wildman–Crippen MR) is 114 cm³/mol. The van der Waals surface area contributed by atoms with Gasteiger partial charge in [-0.2, -0.15) is 0 Å². The second-order valence-electron chi connectivity index (χ2n) is 6.37. The SMILES string of the molecule is CCN1CCN(Cc2ccc(OC)c(OC)c2OC(=O)CCC(=O)O)CC1.Cl.Cl. The lowest BCUT2D eigenvalue weighted by molar-refractivity contribution is -0.142. The first kappa shape index (κ1) is 27.3. The highest BCUT2D eigenvalue weighted by Crippen LogP contribution is 2.40. The van der Waals surface area contributed by atoms with E-state index in [1.54, 1.807) is 6.07 Å². The van der Waals surface area contributed by atoms with Crippen molar-refractivity contribution in [1.29, 1.82) is 0 Å². The van der Waals surface area contributed by atoms with Gasteiger partial charge in [-0.25, -0.2) is 0 Å². The zero-order chi connectivity index (χ0) is 19.8. The maximum absolute atomic E-state index is 12.1. The number of aliphatic carboxylic acids is 1. The first-order valence-corrected chi connectivity index (χ1v) is 9.09. The van der Waals surface area contributed by atoms with Crippen molar-refractivity contribution in [2.45, 2.75) is 26.3 Å². The fourth-order valence-electron chi connectivity index (χ4n) is 3.05. The Bertz CT molecular complexity index is 666. The lowest BCUT2D eigenvalue weighted by Gasteiger charge is -2.34. The number of nitrogens with zero attached hydrogens (tertiary/aromatic N) is 2. The van der Waals surface area contributed by atoms with Crippen molar-refractivity contribution in [3.63, 3.8) is 0 Å². The number of halogens is 2. The molecule has 1 heterocycles. The van der Waals surface area contributed by atoms with E-state index in [9.17, 15) is 9.59 Å². The summed E-state index contributed by atoms with van der Waals surface area (Å²) >= 11 is 0. The van der Waals surface area contributed by atoms with Crippen LogP contribution in [0.4, 0.5) is 0 Å². The van der Waals surface area contributed by atoms with Crippen LogP contribution in [0.3, 0.4) is 0 Å². The van der Waals surface area contributed by atoms with Gasteiger partial charge in [-0.1, -0.05) is 13.0 Å². The predicted octanol–water partition coefficient (Wildman–Crippen LogP) is 2.46. The molecule has 10 heteroatoms. The number of piperazine rings is 1. The number of benzene rings is 1. The molecule has 1 fully saturated rings. The van der Waals surface area contributed by atoms with Crippen LogP contribution >= 0.6 is 24.8 Å². The number of esters is 1. The Morgan fingerprint density at radius 1 is 0.966 bits per heavy atom. The van der Waals surface area contributed by atoms with Crippen LogP contribution in [-0.2, 0) is 16.1 Å². The molecule has 0 aromatic heterocycles. The average Bonchev–Trinajstić information content (AvgIpc) is 2.67. The Kier molecular flexibility index (Phi) is 12.7. The molecule has 2 rings (SSSR count). The Morgan fingerprint density at radius 2 is 1.59 bits per heavy atom. The highest BCUT2D eigenvalue weighted by Gasteiger charge is 2.23. The van der Waals surface area contributed by atoms with Gasteiger partial charge in [-0.05, 0) is 12.6 Å². The monoisotopic (exact) mass is 452 g/mol. The lowest BCUT2D eigenvalue weighted by atomic mass is 10.1. The third-order valence-corrected chi connectivity index (χ3v) is 4.65. The molecule has 0 saturated carbocycles. The Labute approximate surface area is 183 Å². The highest BCUT2D eigenvalue weighted by atomic mass is 35.5. The van der Waals surface area contributed by atoms with Crippen LogP contribution in [0.15, 0.2) is 12.1 Å². The molecule has 8 nitrogen and oxygen atoms in total. The van der Waals surface area contributed by atoms with Crippen LogP contribution < -0.4 is 14.2 Å². The molecular weight excluding hydrogens is 423 g/mol. The number of ether oxygens (including phenoxy) is 3. The van der Waals surface area contributed by atoms with Gasteiger partial charge in [-0.15, -0.1) is 24.8 Å². The van der Waals surface area contributed by atoms with Gasteiger partial charge in [0.15, 0.2) is 11.5 Å². The fraction of sp³-hybridized carbons (Fsp3) is 0.579. The molecule has 1 aromatic rings. The van der Waals surface area contributed by atoms with Gasteiger partial charge in [0, 0.05) is 38.3 Å². The number of methoxy groups -OCH3 is 2. The summed E-state index contributed by atoms with van der Waals surface area (Å²) in [6, 6.07) is 3.64. The third kappa shape index (κ3) is 7.89. The summed E-state index contributed by atoms with van der Waals surface area (Å²) in [5, 5.41) is 8.76. The van der Waals surface area contributed by atoms with Crippen molar-refractivity contribution in [3.8, 4) is 17.2 Å². The summed E-state index contributed by atoms with van der Waals surface area (Å²) in [4.78, 5) is 27.5. The maximum atomic E-state index is 12.1. The standard InChI is InChI=1S/C19H28N2O6.2ClH/c1-4-20-9-11-21(12-10-20)13-14-5-6-15(25-2)19(26-3)18(14)27-17(24)8-7-16(22)23;;/h5-6H,4,7-13H2,1-3H3,(H,22,23);2*1H. The van der Waals surface area contributed by atoms with Gasteiger partial charge in [0.1, 0.15) is 0 Å². The van der Waals surface area contributed by atoms with Crippen LogP contribution in [0.1, 0.15) is 25.3 Å². The fourth-order valence-corrected chi connectivity index (χ4v) is 3.05. The minimum absolute atomic E-state index is 0. The van der Waals surface area contributed by atoms with E-state index < -0.39 is 11.9 Å². The van der Waals surface area contributed by atoms with Gasteiger partial charge >= 0.3 is 11.9 Å². The summed E-state index contributed by atoms with van der Waals surface area (Å²) in [6.07, 6.45) is -0.482. The van der Waals surface area contributed by atoms with Crippen LogP contribution in [0.5, 0.6) is 17.2 Å². The molecule has 0 radical (unpaired) electrons. The molecule has 0 atom stereocenters.